The van der Waals surface area contributed by atoms with Gasteiger partial charge in [-0.25, -0.2) is 0 Å². The van der Waals surface area contributed by atoms with Crippen LogP contribution in [0.25, 0.3) is 0 Å². The van der Waals surface area contributed by atoms with Crippen LogP contribution in [-0.2, 0) is 0 Å². The molecule has 2 atom stereocenters. The van der Waals surface area contributed by atoms with Gasteiger partial charge in [-0.15, -0.1) is 0 Å². The van der Waals surface area contributed by atoms with Gasteiger partial charge in [0.15, 0.2) is 0 Å². The van der Waals surface area contributed by atoms with E-state index in [9.17, 15) is 0 Å². The van der Waals surface area contributed by atoms with Crippen LogP contribution in [0.2, 0.25) is 5.02 Å². The Labute approximate surface area is 123 Å². The van der Waals surface area contributed by atoms with Gasteiger partial charge in [0.2, 0.25) is 0 Å². The molecule has 0 saturated carbocycles. The van der Waals surface area contributed by atoms with Crippen LogP contribution in [0.1, 0.15) is 64.5 Å². The summed E-state index contributed by atoms with van der Waals surface area (Å²) in [6.45, 7) is 7.87. The number of hydrogen-bond donors (Lipinski definition) is 1. The maximum atomic E-state index is 6.00. The van der Waals surface area contributed by atoms with E-state index in [1.807, 2.05) is 12.1 Å². The summed E-state index contributed by atoms with van der Waals surface area (Å²) >= 11 is 6.00. The summed E-state index contributed by atoms with van der Waals surface area (Å²) in [6, 6.07) is 8.82. The van der Waals surface area contributed by atoms with Crippen molar-refractivity contribution < 1.29 is 0 Å². The largest absolute Gasteiger partial charge is 0.310 e. The van der Waals surface area contributed by atoms with Crippen molar-refractivity contribution in [1.29, 1.82) is 0 Å². The molecule has 0 heterocycles. The van der Waals surface area contributed by atoms with E-state index in [0.717, 1.165) is 11.6 Å². The lowest BCUT2D eigenvalue weighted by molar-refractivity contribution is 0.323. The average Bonchev–Trinajstić information content (AvgIpc) is 2.44. The summed E-state index contributed by atoms with van der Waals surface area (Å²) in [6.07, 6.45) is 6.29. The van der Waals surface area contributed by atoms with Gasteiger partial charge in [0.1, 0.15) is 0 Å². The molecule has 19 heavy (non-hydrogen) atoms. The fraction of sp³-hybridized carbons (Fsp3) is 0.647. The number of benzene rings is 1. The van der Waals surface area contributed by atoms with Gasteiger partial charge < -0.3 is 5.32 Å². The zero-order chi connectivity index (χ0) is 14.1. The third kappa shape index (κ3) is 5.54. The van der Waals surface area contributed by atoms with Gasteiger partial charge in [0.25, 0.3) is 0 Å². The third-order valence-corrected chi connectivity index (χ3v) is 4.02. The minimum Gasteiger partial charge on any atom is -0.310 e. The normalized spacial score (nSPS) is 14.3. The predicted molar refractivity (Wildman–Crippen MR) is 85.8 cm³/mol. The minimum atomic E-state index is 0.466. The Bertz CT molecular complexity index is 334. The summed E-state index contributed by atoms with van der Waals surface area (Å²) in [5.74, 6) is 0.715. The van der Waals surface area contributed by atoms with Crippen molar-refractivity contribution in [3.8, 4) is 0 Å². The summed E-state index contributed by atoms with van der Waals surface area (Å²) in [7, 11) is 0. The smallest absolute Gasteiger partial charge is 0.0406 e. The lowest BCUT2D eigenvalue weighted by atomic mass is 9.87. The molecule has 0 aliphatic rings. The summed E-state index contributed by atoms with van der Waals surface area (Å²) in [5, 5.41) is 4.54. The molecule has 1 rings (SSSR count). The van der Waals surface area contributed by atoms with E-state index in [2.05, 4.69) is 38.2 Å². The van der Waals surface area contributed by atoms with Crippen molar-refractivity contribution in [3.05, 3.63) is 34.9 Å². The van der Waals surface area contributed by atoms with Crippen LogP contribution < -0.4 is 5.32 Å². The average molecular weight is 282 g/mol. The van der Waals surface area contributed by atoms with Crippen LogP contribution in [0.15, 0.2) is 24.3 Å². The molecule has 0 saturated heterocycles. The molecule has 2 unspecified atom stereocenters. The maximum Gasteiger partial charge on any atom is 0.0406 e. The molecule has 0 spiro atoms. The van der Waals surface area contributed by atoms with Gasteiger partial charge in [-0.05, 0) is 43.0 Å². The zero-order valence-corrected chi connectivity index (χ0v) is 13.3. The maximum absolute atomic E-state index is 6.00. The van der Waals surface area contributed by atoms with Crippen molar-refractivity contribution >= 4 is 11.6 Å². The predicted octanol–water partition coefficient (Wildman–Crippen LogP) is 5.60. The molecule has 0 radical (unpaired) electrons. The number of nitrogens with one attached hydrogen (secondary N) is 1. The lowest BCUT2D eigenvalue weighted by Crippen LogP contribution is -2.29. The standard InChI is InChI=1S/C17H28ClN/c1-4-7-8-14(6-3)17(19-13-5-2)15-9-11-16(18)12-10-15/h9-12,14,17,19H,4-8,13H2,1-3H3. The van der Waals surface area contributed by atoms with Crippen LogP contribution in [0.4, 0.5) is 0 Å². The minimum absolute atomic E-state index is 0.466. The van der Waals surface area contributed by atoms with Crippen molar-refractivity contribution in [2.45, 2.75) is 58.9 Å². The molecule has 1 aromatic carbocycles. The second-order valence-corrected chi connectivity index (χ2v) is 5.73. The highest BCUT2D eigenvalue weighted by Crippen LogP contribution is 2.29. The van der Waals surface area contributed by atoms with Crippen LogP contribution in [0, 0.1) is 5.92 Å². The van der Waals surface area contributed by atoms with Crippen LogP contribution in [-0.4, -0.2) is 6.54 Å². The quantitative estimate of drug-likeness (QED) is 0.621. The van der Waals surface area contributed by atoms with E-state index in [1.165, 1.54) is 37.7 Å². The van der Waals surface area contributed by atoms with Crippen molar-refractivity contribution in [2.75, 3.05) is 6.54 Å². The molecular formula is C17H28ClN. The van der Waals surface area contributed by atoms with E-state index < -0.39 is 0 Å². The highest BCUT2D eigenvalue weighted by atomic mass is 35.5. The van der Waals surface area contributed by atoms with Gasteiger partial charge in [0, 0.05) is 11.1 Å². The first-order valence-corrected chi connectivity index (χ1v) is 8.09. The number of rotatable bonds is 9. The molecule has 0 bridgehead atoms. The number of unbranched alkanes of at least 4 members (excludes halogenated alkanes) is 1. The Morgan fingerprint density at radius 3 is 2.26 bits per heavy atom. The number of hydrogen-bond acceptors (Lipinski definition) is 1. The zero-order valence-electron chi connectivity index (χ0n) is 12.6. The van der Waals surface area contributed by atoms with Crippen molar-refractivity contribution in [1.82, 2.24) is 5.32 Å². The molecule has 1 aromatic rings. The van der Waals surface area contributed by atoms with Crippen LogP contribution in [0.5, 0.6) is 0 Å². The van der Waals surface area contributed by atoms with Crippen LogP contribution >= 0.6 is 11.6 Å². The molecule has 1 nitrogen and oxygen atoms in total. The highest BCUT2D eigenvalue weighted by molar-refractivity contribution is 6.30. The van der Waals surface area contributed by atoms with Crippen LogP contribution in [0.3, 0.4) is 0 Å². The second kappa shape index (κ2) is 9.39. The first-order valence-electron chi connectivity index (χ1n) is 7.71. The van der Waals surface area contributed by atoms with Crippen molar-refractivity contribution in [3.63, 3.8) is 0 Å². The molecule has 0 fully saturated rings. The van der Waals surface area contributed by atoms with E-state index >= 15 is 0 Å². The van der Waals surface area contributed by atoms with E-state index in [0.29, 0.717) is 12.0 Å². The Kier molecular flexibility index (Phi) is 8.16. The summed E-state index contributed by atoms with van der Waals surface area (Å²) < 4.78 is 0. The van der Waals surface area contributed by atoms with E-state index in [4.69, 9.17) is 11.6 Å². The highest BCUT2D eigenvalue weighted by Gasteiger charge is 2.20. The molecule has 1 N–H and O–H groups in total. The molecular weight excluding hydrogens is 254 g/mol. The van der Waals surface area contributed by atoms with Gasteiger partial charge in [-0.3, -0.25) is 0 Å². The third-order valence-electron chi connectivity index (χ3n) is 3.77. The van der Waals surface area contributed by atoms with Crippen molar-refractivity contribution in [2.24, 2.45) is 5.92 Å². The molecule has 0 aromatic heterocycles. The van der Waals surface area contributed by atoms with E-state index in [1.54, 1.807) is 0 Å². The molecule has 0 aliphatic heterocycles. The Balaban J connectivity index is 2.81. The molecule has 108 valence electrons. The summed E-state index contributed by atoms with van der Waals surface area (Å²) in [5.41, 5.74) is 1.38. The van der Waals surface area contributed by atoms with Gasteiger partial charge in [-0.2, -0.15) is 0 Å². The summed E-state index contributed by atoms with van der Waals surface area (Å²) in [4.78, 5) is 0. The number of halogens is 1. The Morgan fingerprint density at radius 2 is 1.74 bits per heavy atom. The monoisotopic (exact) mass is 281 g/mol. The SMILES string of the molecule is CCCCC(CC)C(NCCC)c1ccc(Cl)cc1. The van der Waals surface area contributed by atoms with Gasteiger partial charge >= 0.3 is 0 Å². The second-order valence-electron chi connectivity index (χ2n) is 5.29. The van der Waals surface area contributed by atoms with Gasteiger partial charge in [0.05, 0.1) is 0 Å². The fourth-order valence-corrected chi connectivity index (χ4v) is 2.73. The lowest BCUT2D eigenvalue weighted by Gasteiger charge is -2.28. The Morgan fingerprint density at radius 1 is 1.05 bits per heavy atom. The van der Waals surface area contributed by atoms with E-state index in [-0.39, 0.29) is 0 Å². The van der Waals surface area contributed by atoms with Gasteiger partial charge in [-0.1, -0.05) is 63.8 Å². The molecule has 0 aliphatic carbocycles. The molecule has 0 amide bonds. The topological polar surface area (TPSA) is 12.0 Å². The Hall–Kier alpha value is -0.530. The first kappa shape index (κ1) is 16.5. The first-order chi connectivity index (χ1) is 9.22. The fourth-order valence-electron chi connectivity index (χ4n) is 2.60. The molecule has 2 heteroatoms.